The molecule has 2 rings (SSSR count). The van der Waals surface area contributed by atoms with Crippen LogP contribution in [0.25, 0.3) is 0 Å². The number of carbonyl (C=O) groups is 1. The second kappa shape index (κ2) is 8.14. The van der Waals surface area contributed by atoms with Gasteiger partial charge in [0.05, 0.1) is 25.0 Å². The first-order valence-electron chi connectivity index (χ1n) is 7.12. The molecule has 0 atom stereocenters. The molecule has 0 spiro atoms. The predicted octanol–water partition coefficient (Wildman–Crippen LogP) is 3.68. The van der Waals surface area contributed by atoms with Crippen LogP contribution in [0, 0.1) is 0 Å². The van der Waals surface area contributed by atoms with Gasteiger partial charge in [0.1, 0.15) is 5.75 Å². The normalized spacial score (nSPS) is 9.83. The van der Waals surface area contributed by atoms with Crippen LogP contribution in [-0.4, -0.2) is 24.8 Å². The molecule has 5 nitrogen and oxygen atoms in total. The van der Waals surface area contributed by atoms with E-state index in [2.05, 4.69) is 10.6 Å². The van der Waals surface area contributed by atoms with Gasteiger partial charge < -0.3 is 20.1 Å². The van der Waals surface area contributed by atoms with E-state index in [9.17, 15) is 4.79 Å². The van der Waals surface area contributed by atoms with Crippen LogP contribution in [0.5, 0.6) is 5.75 Å². The highest BCUT2D eigenvalue weighted by Gasteiger charge is 2.12. The average Bonchev–Trinajstić information content (AvgIpc) is 2.56. The van der Waals surface area contributed by atoms with E-state index in [-0.39, 0.29) is 5.97 Å². The Hall–Kier alpha value is -2.60. The zero-order chi connectivity index (χ0) is 16.7. The molecule has 0 saturated carbocycles. The lowest BCUT2D eigenvalue weighted by atomic mass is 10.2. The minimum absolute atomic E-state index is 0.321. The van der Waals surface area contributed by atoms with E-state index < -0.39 is 0 Å². The summed E-state index contributed by atoms with van der Waals surface area (Å²) in [6, 6.07) is 14.4. The fourth-order valence-electron chi connectivity index (χ4n) is 1.94. The lowest BCUT2D eigenvalue weighted by Gasteiger charge is -2.13. The van der Waals surface area contributed by atoms with Crippen LogP contribution >= 0.6 is 12.2 Å². The molecule has 0 bridgehead atoms. The first-order chi connectivity index (χ1) is 11.1. The van der Waals surface area contributed by atoms with Gasteiger partial charge in [-0.05, 0) is 55.5 Å². The summed E-state index contributed by atoms with van der Waals surface area (Å²) < 4.78 is 10.1. The molecule has 6 heteroatoms. The Morgan fingerprint density at radius 2 is 1.78 bits per heavy atom. The Labute approximate surface area is 140 Å². The molecule has 0 heterocycles. The van der Waals surface area contributed by atoms with Gasteiger partial charge in [-0.3, -0.25) is 0 Å². The number of esters is 1. The van der Waals surface area contributed by atoms with Crippen molar-refractivity contribution in [1.82, 2.24) is 0 Å². The van der Waals surface area contributed by atoms with Crippen LogP contribution in [0.2, 0.25) is 0 Å². The number of hydrogen-bond acceptors (Lipinski definition) is 4. The maximum absolute atomic E-state index is 11.9. The summed E-state index contributed by atoms with van der Waals surface area (Å²) in [5.74, 6) is 0.380. The fourth-order valence-corrected chi connectivity index (χ4v) is 2.17. The third-order valence-electron chi connectivity index (χ3n) is 3.02. The second-order valence-electron chi connectivity index (χ2n) is 4.57. The fraction of sp³-hybridized carbons (Fsp3) is 0.176. The van der Waals surface area contributed by atoms with Crippen molar-refractivity contribution in [1.29, 1.82) is 0 Å². The maximum Gasteiger partial charge on any atom is 0.340 e. The van der Waals surface area contributed by atoms with E-state index >= 15 is 0 Å². The maximum atomic E-state index is 11.9. The number of hydrogen-bond donors (Lipinski definition) is 2. The van der Waals surface area contributed by atoms with Gasteiger partial charge in [0, 0.05) is 5.69 Å². The van der Waals surface area contributed by atoms with Crippen LogP contribution in [0.3, 0.4) is 0 Å². The number of ether oxygens (including phenoxy) is 2. The minimum atomic E-state index is -0.386. The number of thiocarbonyl (C=S) groups is 1. The quantitative estimate of drug-likeness (QED) is 0.644. The van der Waals surface area contributed by atoms with Crippen molar-refractivity contribution in [3.63, 3.8) is 0 Å². The lowest BCUT2D eigenvalue weighted by Crippen LogP contribution is -2.21. The third-order valence-corrected chi connectivity index (χ3v) is 3.22. The first-order valence-corrected chi connectivity index (χ1v) is 7.53. The van der Waals surface area contributed by atoms with Crippen molar-refractivity contribution in [2.24, 2.45) is 0 Å². The molecular formula is C17H18N2O3S. The monoisotopic (exact) mass is 330 g/mol. The van der Waals surface area contributed by atoms with Gasteiger partial charge in [-0.25, -0.2) is 4.79 Å². The minimum Gasteiger partial charge on any atom is -0.497 e. The van der Waals surface area contributed by atoms with E-state index in [1.165, 1.54) is 0 Å². The van der Waals surface area contributed by atoms with Gasteiger partial charge in [-0.15, -0.1) is 0 Å². The molecule has 0 aromatic heterocycles. The van der Waals surface area contributed by atoms with E-state index in [4.69, 9.17) is 21.7 Å². The number of rotatable bonds is 5. The number of nitrogens with one attached hydrogen (secondary N) is 2. The Kier molecular flexibility index (Phi) is 5.94. The summed E-state index contributed by atoms with van der Waals surface area (Å²) in [5.41, 5.74) is 1.85. The van der Waals surface area contributed by atoms with Gasteiger partial charge in [0.2, 0.25) is 0 Å². The Balaban J connectivity index is 2.06. The van der Waals surface area contributed by atoms with Gasteiger partial charge in [0.25, 0.3) is 0 Å². The molecule has 2 N–H and O–H groups in total. The van der Waals surface area contributed by atoms with E-state index in [0.29, 0.717) is 23.0 Å². The molecule has 0 aliphatic carbocycles. The first kappa shape index (κ1) is 16.8. The summed E-state index contributed by atoms with van der Waals surface area (Å²) in [7, 11) is 1.61. The number of para-hydroxylation sites is 1. The van der Waals surface area contributed by atoms with Gasteiger partial charge >= 0.3 is 5.97 Å². The van der Waals surface area contributed by atoms with Crippen LogP contribution < -0.4 is 15.4 Å². The van der Waals surface area contributed by atoms with Crippen LogP contribution in [0.15, 0.2) is 48.5 Å². The van der Waals surface area contributed by atoms with Crippen molar-refractivity contribution >= 4 is 34.7 Å². The van der Waals surface area contributed by atoms with E-state index in [1.807, 2.05) is 30.3 Å². The standard InChI is InChI=1S/C17H18N2O3S/c1-3-22-16(20)14-6-4-5-7-15(14)19-17(23)18-12-8-10-13(21-2)11-9-12/h4-11H,3H2,1-2H3,(H2,18,19,23). The van der Waals surface area contributed by atoms with Crippen molar-refractivity contribution < 1.29 is 14.3 Å². The lowest BCUT2D eigenvalue weighted by molar-refractivity contribution is 0.0527. The summed E-state index contributed by atoms with van der Waals surface area (Å²) in [4.78, 5) is 11.9. The second-order valence-corrected chi connectivity index (χ2v) is 4.98. The largest absolute Gasteiger partial charge is 0.497 e. The SMILES string of the molecule is CCOC(=O)c1ccccc1NC(=S)Nc1ccc(OC)cc1. The molecule has 23 heavy (non-hydrogen) atoms. The van der Waals surface area contributed by atoms with Crippen LogP contribution in [-0.2, 0) is 4.74 Å². The summed E-state index contributed by atoms with van der Waals surface area (Å²) in [5, 5.41) is 6.45. The van der Waals surface area contributed by atoms with Crippen molar-refractivity contribution in [3.05, 3.63) is 54.1 Å². The molecule has 2 aromatic rings. The van der Waals surface area contributed by atoms with Gasteiger partial charge in [0.15, 0.2) is 5.11 Å². The van der Waals surface area contributed by atoms with Crippen molar-refractivity contribution in [3.8, 4) is 5.75 Å². The molecule has 0 saturated heterocycles. The summed E-state index contributed by atoms with van der Waals surface area (Å²) in [6.45, 7) is 2.09. The molecule has 120 valence electrons. The number of anilines is 2. The van der Waals surface area contributed by atoms with E-state index in [1.54, 1.807) is 32.2 Å². The summed E-state index contributed by atoms with van der Waals surface area (Å²) in [6.07, 6.45) is 0. The Morgan fingerprint density at radius 3 is 2.43 bits per heavy atom. The zero-order valence-corrected chi connectivity index (χ0v) is 13.8. The van der Waals surface area contributed by atoms with Gasteiger partial charge in [-0.1, -0.05) is 12.1 Å². The number of carbonyl (C=O) groups excluding carboxylic acids is 1. The topological polar surface area (TPSA) is 59.6 Å². The molecule has 0 fully saturated rings. The average molecular weight is 330 g/mol. The highest BCUT2D eigenvalue weighted by atomic mass is 32.1. The highest BCUT2D eigenvalue weighted by Crippen LogP contribution is 2.18. The molecular weight excluding hydrogens is 312 g/mol. The molecule has 0 radical (unpaired) electrons. The van der Waals surface area contributed by atoms with Gasteiger partial charge in [-0.2, -0.15) is 0 Å². The predicted molar refractivity (Wildman–Crippen MR) is 95.2 cm³/mol. The Morgan fingerprint density at radius 1 is 1.09 bits per heavy atom. The highest BCUT2D eigenvalue weighted by molar-refractivity contribution is 7.80. The smallest absolute Gasteiger partial charge is 0.340 e. The van der Waals surface area contributed by atoms with Crippen molar-refractivity contribution in [2.75, 3.05) is 24.4 Å². The number of benzene rings is 2. The molecule has 0 aliphatic heterocycles. The molecule has 2 aromatic carbocycles. The molecule has 0 amide bonds. The molecule has 0 unspecified atom stereocenters. The Bertz CT molecular complexity index is 686. The number of methoxy groups -OCH3 is 1. The summed E-state index contributed by atoms with van der Waals surface area (Å²) >= 11 is 5.28. The third kappa shape index (κ3) is 4.69. The zero-order valence-electron chi connectivity index (χ0n) is 13.0. The van der Waals surface area contributed by atoms with E-state index in [0.717, 1.165) is 11.4 Å². The van der Waals surface area contributed by atoms with Crippen LogP contribution in [0.4, 0.5) is 11.4 Å². The molecule has 0 aliphatic rings. The van der Waals surface area contributed by atoms with Crippen LogP contribution in [0.1, 0.15) is 17.3 Å². The van der Waals surface area contributed by atoms with Crippen molar-refractivity contribution in [2.45, 2.75) is 6.92 Å².